The van der Waals surface area contributed by atoms with Crippen molar-refractivity contribution in [1.82, 2.24) is 0 Å². The first-order chi connectivity index (χ1) is 11.6. The fourth-order valence-electron chi connectivity index (χ4n) is 2.56. The maximum atomic E-state index is 13.0. The standard InChI is InChI=1S/C21H18ClNO/c1-15-12-13-18(14-19(15)22)23-20(16-8-4-2-5-9-16)21(24)17-10-6-3-7-11-17/h2-14,20,23H,1H3. The van der Waals surface area contributed by atoms with E-state index in [-0.39, 0.29) is 5.78 Å². The quantitative estimate of drug-likeness (QED) is 0.607. The third-order valence-corrected chi connectivity index (χ3v) is 4.34. The van der Waals surface area contributed by atoms with Gasteiger partial charge in [-0.2, -0.15) is 0 Å². The van der Waals surface area contributed by atoms with Gasteiger partial charge in [0.15, 0.2) is 5.78 Å². The summed E-state index contributed by atoms with van der Waals surface area (Å²) in [6.45, 7) is 1.95. The summed E-state index contributed by atoms with van der Waals surface area (Å²) >= 11 is 6.21. The summed E-state index contributed by atoms with van der Waals surface area (Å²) in [5.74, 6) is 0.0264. The lowest BCUT2D eigenvalue weighted by Crippen LogP contribution is -2.21. The van der Waals surface area contributed by atoms with Crippen molar-refractivity contribution in [2.45, 2.75) is 13.0 Å². The smallest absolute Gasteiger partial charge is 0.189 e. The van der Waals surface area contributed by atoms with Crippen LogP contribution in [0.1, 0.15) is 27.5 Å². The van der Waals surface area contributed by atoms with Gasteiger partial charge in [0.2, 0.25) is 0 Å². The van der Waals surface area contributed by atoms with Crippen LogP contribution in [0, 0.1) is 6.92 Å². The maximum absolute atomic E-state index is 13.0. The largest absolute Gasteiger partial charge is 0.371 e. The monoisotopic (exact) mass is 335 g/mol. The topological polar surface area (TPSA) is 29.1 Å². The third-order valence-electron chi connectivity index (χ3n) is 3.94. The van der Waals surface area contributed by atoms with E-state index in [1.54, 1.807) is 0 Å². The van der Waals surface area contributed by atoms with Crippen molar-refractivity contribution in [2.24, 2.45) is 0 Å². The Labute approximate surface area is 147 Å². The second-order valence-electron chi connectivity index (χ2n) is 5.68. The van der Waals surface area contributed by atoms with Crippen molar-refractivity contribution in [3.8, 4) is 0 Å². The lowest BCUT2D eigenvalue weighted by molar-refractivity contribution is 0.0969. The van der Waals surface area contributed by atoms with Crippen LogP contribution < -0.4 is 5.32 Å². The molecule has 0 bridgehead atoms. The molecule has 0 fully saturated rings. The Morgan fingerprint density at radius 1 is 0.917 bits per heavy atom. The zero-order valence-corrected chi connectivity index (χ0v) is 14.1. The van der Waals surface area contributed by atoms with Crippen molar-refractivity contribution in [2.75, 3.05) is 5.32 Å². The van der Waals surface area contributed by atoms with Crippen LogP contribution in [0.3, 0.4) is 0 Å². The lowest BCUT2D eigenvalue weighted by Gasteiger charge is -2.20. The normalized spacial score (nSPS) is 11.8. The van der Waals surface area contributed by atoms with Crippen LogP contribution in [0.2, 0.25) is 5.02 Å². The number of carbonyl (C=O) groups excluding carboxylic acids is 1. The van der Waals surface area contributed by atoms with Crippen LogP contribution in [0.4, 0.5) is 5.69 Å². The van der Waals surface area contributed by atoms with Gasteiger partial charge in [-0.1, -0.05) is 78.3 Å². The molecule has 3 aromatic carbocycles. The fourth-order valence-corrected chi connectivity index (χ4v) is 2.74. The second kappa shape index (κ2) is 7.33. The van der Waals surface area contributed by atoms with Crippen LogP contribution in [0.25, 0.3) is 0 Å². The summed E-state index contributed by atoms with van der Waals surface area (Å²) in [5, 5.41) is 4.01. The molecule has 0 saturated carbocycles. The summed E-state index contributed by atoms with van der Waals surface area (Å²) in [6.07, 6.45) is 0. The number of aryl methyl sites for hydroxylation is 1. The molecule has 0 aliphatic rings. The first kappa shape index (κ1) is 16.3. The molecule has 3 aromatic rings. The number of rotatable bonds is 5. The van der Waals surface area contributed by atoms with E-state index in [1.165, 1.54) is 0 Å². The molecular weight excluding hydrogens is 318 g/mol. The minimum atomic E-state index is -0.465. The Kier molecular flexibility index (Phi) is 4.97. The zero-order valence-electron chi connectivity index (χ0n) is 13.4. The first-order valence-electron chi connectivity index (χ1n) is 7.82. The molecule has 0 amide bonds. The first-order valence-corrected chi connectivity index (χ1v) is 8.20. The number of hydrogen-bond donors (Lipinski definition) is 1. The minimum Gasteiger partial charge on any atom is -0.371 e. The van der Waals surface area contributed by atoms with Gasteiger partial charge >= 0.3 is 0 Å². The van der Waals surface area contributed by atoms with Crippen molar-refractivity contribution in [3.63, 3.8) is 0 Å². The molecule has 1 N–H and O–H groups in total. The number of anilines is 1. The Morgan fingerprint density at radius 2 is 1.54 bits per heavy atom. The minimum absolute atomic E-state index is 0.0264. The summed E-state index contributed by atoms with van der Waals surface area (Å²) in [4.78, 5) is 13.0. The van der Waals surface area contributed by atoms with Gasteiger partial charge in [-0.3, -0.25) is 4.79 Å². The van der Waals surface area contributed by atoms with E-state index in [0.717, 1.165) is 16.8 Å². The van der Waals surface area contributed by atoms with Crippen LogP contribution in [-0.2, 0) is 0 Å². The third kappa shape index (κ3) is 3.66. The molecule has 1 atom stereocenters. The fraction of sp³-hybridized carbons (Fsp3) is 0.0952. The summed E-state index contributed by atoms with van der Waals surface area (Å²) in [7, 11) is 0. The Morgan fingerprint density at radius 3 is 2.17 bits per heavy atom. The number of Topliss-reactive ketones (excluding diaryl/α,β-unsaturated/α-hetero) is 1. The van der Waals surface area contributed by atoms with E-state index >= 15 is 0 Å². The number of halogens is 1. The van der Waals surface area contributed by atoms with Gasteiger partial charge in [0.05, 0.1) is 0 Å². The molecule has 1 unspecified atom stereocenters. The molecule has 0 aromatic heterocycles. The molecule has 0 heterocycles. The summed E-state index contributed by atoms with van der Waals surface area (Å²) in [6, 6.07) is 24.3. The van der Waals surface area contributed by atoms with Crippen LogP contribution in [-0.4, -0.2) is 5.78 Å². The Hall–Kier alpha value is -2.58. The molecule has 0 aliphatic carbocycles. The average molecular weight is 336 g/mol. The second-order valence-corrected chi connectivity index (χ2v) is 6.09. The van der Waals surface area contributed by atoms with Gasteiger partial charge in [0.25, 0.3) is 0 Å². The van der Waals surface area contributed by atoms with E-state index in [4.69, 9.17) is 11.6 Å². The Bertz CT molecular complexity index is 831. The maximum Gasteiger partial charge on any atom is 0.189 e. The van der Waals surface area contributed by atoms with Crippen molar-refractivity contribution in [1.29, 1.82) is 0 Å². The highest BCUT2D eigenvalue weighted by molar-refractivity contribution is 6.31. The van der Waals surface area contributed by atoms with Gasteiger partial charge in [-0.25, -0.2) is 0 Å². The number of nitrogens with one attached hydrogen (secondary N) is 1. The number of ketones is 1. The highest BCUT2D eigenvalue weighted by Crippen LogP contribution is 2.26. The molecule has 0 aliphatic heterocycles. The zero-order chi connectivity index (χ0) is 16.9. The van der Waals surface area contributed by atoms with Gasteiger partial charge < -0.3 is 5.32 Å². The highest BCUT2D eigenvalue weighted by Gasteiger charge is 2.21. The van der Waals surface area contributed by atoms with Crippen molar-refractivity contribution < 1.29 is 4.79 Å². The summed E-state index contributed by atoms with van der Waals surface area (Å²) < 4.78 is 0. The van der Waals surface area contributed by atoms with E-state index in [9.17, 15) is 4.79 Å². The Balaban J connectivity index is 1.96. The van der Waals surface area contributed by atoms with E-state index in [0.29, 0.717) is 10.6 Å². The molecular formula is C21H18ClNO. The average Bonchev–Trinajstić information content (AvgIpc) is 2.63. The molecule has 3 rings (SSSR count). The molecule has 120 valence electrons. The van der Waals surface area contributed by atoms with Gasteiger partial charge in [-0.05, 0) is 30.2 Å². The summed E-state index contributed by atoms with van der Waals surface area (Å²) in [5.41, 5.74) is 3.43. The molecule has 3 heteroatoms. The van der Waals surface area contributed by atoms with E-state index < -0.39 is 6.04 Å². The molecule has 0 radical (unpaired) electrons. The highest BCUT2D eigenvalue weighted by atomic mass is 35.5. The van der Waals surface area contributed by atoms with Crippen LogP contribution >= 0.6 is 11.6 Å². The van der Waals surface area contributed by atoms with E-state index in [1.807, 2.05) is 85.8 Å². The predicted octanol–water partition coefficient (Wildman–Crippen LogP) is 5.68. The van der Waals surface area contributed by atoms with Crippen molar-refractivity contribution >= 4 is 23.1 Å². The molecule has 24 heavy (non-hydrogen) atoms. The molecule has 2 nitrogen and oxygen atoms in total. The van der Waals surface area contributed by atoms with Gasteiger partial charge in [-0.15, -0.1) is 0 Å². The number of hydrogen-bond acceptors (Lipinski definition) is 2. The number of benzene rings is 3. The molecule has 0 saturated heterocycles. The lowest BCUT2D eigenvalue weighted by atomic mass is 9.97. The van der Waals surface area contributed by atoms with Gasteiger partial charge in [0, 0.05) is 16.3 Å². The van der Waals surface area contributed by atoms with Crippen molar-refractivity contribution in [3.05, 3.63) is 101 Å². The predicted molar refractivity (Wildman–Crippen MR) is 99.8 cm³/mol. The van der Waals surface area contributed by atoms with E-state index in [2.05, 4.69) is 5.32 Å². The van der Waals surface area contributed by atoms with Gasteiger partial charge in [0.1, 0.15) is 6.04 Å². The SMILES string of the molecule is Cc1ccc(NC(C(=O)c2ccccc2)c2ccccc2)cc1Cl. The van der Waals surface area contributed by atoms with Crippen LogP contribution in [0.15, 0.2) is 78.9 Å². The molecule has 0 spiro atoms. The van der Waals surface area contributed by atoms with Crippen LogP contribution in [0.5, 0.6) is 0 Å². The number of carbonyl (C=O) groups is 1.